The van der Waals surface area contributed by atoms with E-state index in [0.29, 0.717) is 23.3 Å². The molecule has 3 aliphatic heterocycles. The number of primary amides is 1. The second kappa shape index (κ2) is 49.7. The predicted molar refractivity (Wildman–Crippen MR) is 410 cm³/mol. The van der Waals surface area contributed by atoms with E-state index >= 15 is 0 Å². The number of halogens is 1. The number of aromatic hydroxyl groups is 1. The van der Waals surface area contributed by atoms with Gasteiger partial charge in [0.2, 0.25) is 82.7 Å². The molecule has 4 rings (SSSR count). The first-order valence-corrected chi connectivity index (χ1v) is 38.9. The summed E-state index contributed by atoms with van der Waals surface area (Å²) in [6.45, 7) is 8.51. The maximum Gasteiger partial charge on any atom is 0.328 e. The highest BCUT2D eigenvalue weighted by Crippen LogP contribution is 2.25. The van der Waals surface area contributed by atoms with Crippen LogP contribution in [0.5, 0.6) is 5.75 Å². The molecule has 3 fully saturated rings. The van der Waals surface area contributed by atoms with Gasteiger partial charge in [-0.2, -0.15) is 0 Å². The average Bonchev–Trinajstić information content (AvgIpc) is 1.61. The van der Waals surface area contributed by atoms with Crippen LogP contribution >= 0.6 is 12.4 Å². The molecule has 644 valence electrons. The van der Waals surface area contributed by atoms with Crippen LogP contribution in [-0.4, -0.2) is 287 Å². The molecular weight excluding hydrogens is 1520 g/mol. The van der Waals surface area contributed by atoms with Gasteiger partial charge in [-0.25, -0.2) is 4.79 Å². The van der Waals surface area contributed by atoms with Crippen molar-refractivity contribution < 1.29 is 118 Å². The number of nitrogens with zero attached hydrogens (tertiary/aromatic N) is 2. The summed E-state index contributed by atoms with van der Waals surface area (Å²) in [6.07, 6.45) is -6.83. The van der Waals surface area contributed by atoms with Gasteiger partial charge in [0.1, 0.15) is 78.3 Å². The van der Waals surface area contributed by atoms with Crippen LogP contribution in [0, 0.1) is 5.92 Å². The van der Waals surface area contributed by atoms with Crippen LogP contribution in [0.4, 0.5) is 0 Å². The first kappa shape index (κ1) is 99.2. The number of cyclic esters (lactones) is 1. The summed E-state index contributed by atoms with van der Waals surface area (Å²) in [5.41, 5.74) is 11.3. The van der Waals surface area contributed by atoms with E-state index in [1.54, 1.807) is 0 Å². The van der Waals surface area contributed by atoms with Gasteiger partial charge in [0.25, 0.3) is 0 Å². The van der Waals surface area contributed by atoms with Crippen molar-refractivity contribution >= 4 is 101 Å². The number of phenolic OH excluding ortho intramolecular Hbond substituents is 1. The molecule has 0 bridgehead atoms. The summed E-state index contributed by atoms with van der Waals surface area (Å²) in [6, 6.07) is -14.7. The van der Waals surface area contributed by atoms with Gasteiger partial charge in [-0.15, -0.1) is 12.4 Å². The van der Waals surface area contributed by atoms with Crippen molar-refractivity contribution in [2.45, 2.75) is 299 Å². The number of fused-ring (bicyclic) bond motifs is 2. The zero-order valence-corrected chi connectivity index (χ0v) is 66.9. The maximum absolute atomic E-state index is 14.8. The van der Waals surface area contributed by atoms with Crippen molar-refractivity contribution in [3.8, 4) is 5.75 Å². The molecule has 3 aliphatic rings. The maximum atomic E-state index is 14.8. The molecule has 39 nitrogen and oxygen atoms in total. The molecule has 0 spiro atoms. The first-order valence-electron chi connectivity index (χ1n) is 38.9. The lowest BCUT2D eigenvalue weighted by molar-refractivity contribution is -0.155. The number of nitrogens with one attached hydrogen (secondary N) is 11. The number of esters is 1. The lowest BCUT2D eigenvalue weighted by atomic mass is 9.99. The Bertz CT molecular complexity index is 3370. The van der Waals surface area contributed by atoms with Crippen LogP contribution in [0.3, 0.4) is 0 Å². The van der Waals surface area contributed by atoms with Gasteiger partial charge in [0, 0.05) is 45.4 Å². The summed E-state index contributed by atoms with van der Waals surface area (Å²) >= 11 is 0. The zero-order chi connectivity index (χ0) is 84.5. The molecule has 114 heavy (non-hydrogen) atoms. The third kappa shape index (κ3) is 32.4. The molecule has 1 aromatic rings. The fraction of sp³-hybridized carbons (Fsp3) is 0.716. The third-order valence-corrected chi connectivity index (χ3v) is 19.6. The molecule has 0 aromatic heterocycles. The Labute approximate surface area is 669 Å². The minimum absolute atomic E-state index is 0. The summed E-state index contributed by atoms with van der Waals surface area (Å²) in [7, 11) is 0. The number of unbranched alkanes of at least 4 members (excludes halogenated alkanes) is 10. The lowest BCUT2D eigenvalue weighted by Crippen LogP contribution is -2.64. The van der Waals surface area contributed by atoms with Gasteiger partial charge < -0.3 is 125 Å². The lowest BCUT2D eigenvalue weighted by Gasteiger charge is -2.34. The van der Waals surface area contributed by atoms with Crippen molar-refractivity contribution in [3.63, 3.8) is 0 Å². The number of phenols is 1. The molecule has 0 radical (unpaired) electrons. The van der Waals surface area contributed by atoms with Gasteiger partial charge in [-0.3, -0.25) is 67.1 Å². The predicted octanol–water partition coefficient (Wildman–Crippen LogP) is -5.54. The number of aliphatic hydroxyl groups excluding tert-OH is 7. The number of nitrogens with two attached hydrogens (primary N) is 2. The number of amides is 14. The van der Waals surface area contributed by atoms with E-state index in [2.05, 4.69) is 65.4 Å². The van der Waals surface area contributed by atoms with E-state index in [1.165, 1.54) is 45.0 Å². The van der Waals surface area contributed by atoms with Crippen molar-refractivity contribution in [1.82, 2.24) is 68.3 Å². The molecule has 0 saturated carbocycles. The molecule has 3 saturated heterocycles. The Morgan fingerprint density at radius 2 is 1.08 bits per heavy atom. The summed E-state index contributed by atoms with van der Waals surface area (Å²) < 4.78 is 6.00. The summed E-state index contributed by atoms with van der Waals surface area (Å²) in [4.78, 5) is 212. The molecule has 0 unspecified atom stereocenters. The summed E-state index contributed by atoms with van der Waals surface area (Å²) in [5, 5.41) is 114. The smallest absolute Gasteiger partial charge is 0.328 e. The second-order valence-corrected chi connectivity index (χ2v) is 29.8. The molecule has 23 N–H and O–H groups in total. The molecule has 40 heteroatoms. The number of hydrogen-bond donors (Lipinski definition) is 21. The minimum atomic E-state index is -2.24. The average molecular weight is 1640 g/mol. The topological polar surface area (TPSA) is 618 Å². The van der Waals surface area contributed by atoms with Gasteiger partial charge in [-0.1, -0.05) is 97.1 Å². The van der Waals surface area contributed by atoms with Gasteiger partial charge in [0.05, 0.1) is 62.1 Å². The fourth-order valence-electron chi connectivity index (χ4n) is 13.2. The summed E-state index contributed by atoms with van der Waals surface area (Å²) in [5.74, 6) is -17.9. The number of hydrogen-bond acceptors (Lipinski definition) is 25. The second-order valence-electron chi connectivity index (χ2n) is 29.8. The monoisotopic (exact) mass is 1640 g/mol. The normalized spacial score (nSPS) is 27.1. The highest BCUT2D eigenvalue weighted by atomic mass is 35.5. The van der Waals surface area contributed by atoms with Crippen LogP contribution in [0.25, 0.3) is 0 Å². The van der Waals surface area contributed by atoms with E-state index in [1.807, 2.05) is 0 Å². The van der Waals surface area contributed by atoms with Crippen LogP contribution < -0.4 is 70.0 Å². The standard InChI is InChI=1S/C74H121N15O24.ClH/c1-9-10-11-12-13-14-15-16-17-18-19-21-47-34-55(100)82-58(40(5)90)68(106)79-39(4)64(102)81-49(32-44-23-25-45(94)26-24-44)65(103)84-57(38(2)3)72(110)89-37-46(95)33-50(89)66(104)85-60(42(7)92)70(108)86-61(43(8)93)73(111)88-31-28-51(96)63(88)71(109)87-62(52(97)35-53(76)98)67(105)78-36-56(101)83-59(41(6)91)69(107)80-48(74(112)113-47)22-20-30-77-54(99)27-29-75;/h23-26,38-43,46-52,57-63,90-97H,9-22,27-37,75H2,1-8H3,(H2,76,98)(H,77,99)(H,78,105)(H,79,106)(H,80,107)(H,81,102)(H,82,100)(H,83,101)(H,84,103)(H,85,104)(H,86,108)(H,87,109);1H/t39-,40-,41-,42-,43-,46-,47-,48+,49+,50+,51+,52-,57+,58-,59-,60-,61+,62+,63+;/m1./s1. The molecule has 14 amide bonds. The number of carbonyl (C=O) groups is 15. The van der Waals surface area contributed by atoms with Crippen LogP contribution in [-0.2, 0) is 83.1 Å². The van der Waals surface area contributed by atoms with Crippen molar-refractivity contribution in [2.24, 2.45) is 17.4 Å². The molecule has 3 heterocycles. The fourth-order valence-corrected chi connectivity index (χ4v) is 13.2. The Kier molecular flexibility index (Phi) is 43.3. The van der Waals surface area contributed by atoms with Crippen LogP contribution in [0.2, 0.25) is 0 Å². The van der Waals surface area contributed by atoms with Crippen molar-refractivity contribution in [3.05, 3.63) is 29.8 Å². The highest BCUT2D eigenvalue weighted by molar-refractivity contribution is 6.00. The number of benzene rings is 1. The van der Waals surface area contributed by atoms with Gasteiger partial charge in [0.15, 0.2) is 0 Å². The van der Waals surface area contributed by atoms with Crippen LogP contribution in [0.15, 0.2) is 24.3 Å². The van der Waals surface area contributed by atoms with Crippen LogP contribution in [0.1, 0.15) is 183 Å². The Hall–Kier alpha value is -8.96. The number of ether oxygens (including phenoxy) is 1. The molecule has 1 aromatic carbocycles. The SMILES string of the molecule is CCCCCCCCCCCCC[C@@H]1CC(=O)N[C@H]([C@@H](C)O)C(=O)N[C@H](C)C(=O)N[C@@H](Cc2ccc(O)cc2)C(=O)N[C@@H](C(C)C)C(=O)N2C[C@H](O)C[C@H]2C(=O)N[C@H]([C@@H](C)O)C(=O)N[C@@H]([C@@H](C)O)C(=O)N2CC[C@H](O)[C@H]2C(=O)N[C@@H]([C@H](O)CC(N)=O)C(=O)NCC(=O)N[C@H]([C@@H](C)O)C(=O)N[C@@H](CCCNC(=O)CCN)C(=O)O1.Cl. The quantitative estimate of drug-likeness (QED) is 0.0275. The first-order chi connectivity index (χ1) is 53.3. The Morgan fingerprint density at radius 1 is 0.570 bits per heavy atom. The van der Waals surface area contributed by atoms with Crippen molar-refractivity contribution in [2.75, 3.05) is 32.7 Å². The van der Waals surface area contributed by atoms with E-state index in [0.717, 1.165) is 90.4 Å². The molecule has 0 aliphatic carbocycles. The van der Waals surface area contributed by atoms with Crippen molar-refractivity contribution in [1.29, 1.82) is 0 Å². The van der Waals surface area contributed by atoms with E-state index in [9.17, 15) is 113 Å². The highest BCUT2D eigenvalue weighted by Gasteiger charge is 2.48. The zero-order valence-electron chi connectivity index (χ0n) is 66.1. The number of aliphatic hydroxyl groups is 7. The largest absolute Gasteiger partial charge is 0.508 e. The molecular formula is C74H122ClN15O24. The molecule has 19 atom stereocenters. The Balaban J connectivity index is 0.0000336. The van der Waals surface area contributed by atoms with E-state index < -0.39 is 249 Å². The van der Waals surface area contributed by atoms with E-state index in [4.69, 9.17) is 16.2 Å². The minimum Gasteiger partial charge on any atom is -0.508 e. The Morgan fingerprint density at radius 3 is 1.64 bits per heavy atom. The van der Waals surface area contributed by atoms with E-state index in [-0.39, 0.29) is 69.8 Å². The number of carbonyl (C=O) groups excluding carboxylic acids is 15. The van der Waals surface area contributed by atoms with Gasteiger partial charge in [-0.05, 0) is 90.3 Å². The number of rotatable bonds is 28. The van der Waals surface area contributed by atoms with Gasteiger partial charge >= 0.3 is 5.97 Å². The third-order valence-electron chi connectivity index (χ3n) is 19.6.